The van der Waals surface area contributed by atoms with Gasteiger partial charge in [0, 0.05) is 19.7 Å². The van der Waals surface area contributed by atoms with Crippen LogP contribution in [-0.4, -0.2) is 43.6 Å². The molecule has 2 atom stereocenters. The molecule has 132 valence electrons. The van der Waals surface area contributed by atoms with E-state index in [9.17, 15) is 4.79 Å². The van der Waals surface area contributed by atoms with E-state index in [-0.39, 0.29) is 12.0 Å². The van der Waals surface area contributed by atoms with Gasteiger partial charge in [0.25, 0.3) is 0 Å². The van der Waals surface area contributed by atoms with Crippen LogP contribution < -0.4 is 5.32 Å². The van der Waals surface area contributed by atoms with Crippen LogP contribution >= 0.6 is 0 Å². The van der Waals surface area contributed by atoms with Crippen LogP contribution in [-0.2, 0) is 9.53 Å². The van der Waals surface area contributed by atoms with Crippen LogP contribution in [0.15, 0.2) is 30.3 Å². The molecule has 2 aliphatic rings. The van der Waals surface area contributed by atoms with Gasteiger partial charge in [0.1, 0.15) is 0 Å². The third kappa shape index (κ3) is 4.17. The molecule has 2 unspecified atom stereocenters. The van der Waals surface area contributed by atoms with E-state index >= 15 is 0 Å². The highest BCUT2D eigenvalue weighted by Gasteiger charge is 2.36. The van der Waals surface area contributed by atoms with E-state index in [0.717, 1.165) is 64.0 Å². The van der Waals surface area contributed by atoms with Crippen LogP contribution in [0.2, 0.25) is 0 Å². The van der Waals surface area contributed by atoms with Crippen molar-refractivity contribution in [2.75, 3.05) is 32.8 Å². The number of benzene rings is 1. The maximum absolute atomic E-state index is 13.1. The molecule has 1 aromatic rings. The zero-order valence-corrected chi connectivity index (χ0v) is 14.7. The van der Waals surface area contributed by atoms with E-state index in [4.69, 9.17) is 4.74 Å². The predicted octanol–water partition coefficient (Wildman–Crippen LogP) is 3.00. The van der Waals surface area contributed by atoms with E-state index in [0.29, 0.717) is 11.8 Å². The summed E-state index contributed by atoms with van der Waals surface area (Å²) < 4.78 is 6.01. The smallest absolute Gasteiger partial charge is 0.228 e. The molecule has 0 bridgehead atoms. The fourth-order valence-electron chi connectivity index (χ4n) is 3.95. The topological polar surface area (TPSA) is 41.6 Å². The molecule has 2 saturated heterocycles. The minimum absolute atomic E-state index is 0.0218. The van der Waals surface area contributed by atoms with E-state index in [1.165, 1.54) is 0 Å². The van der Waals surface area contributed by atoms with E-state index < -0.39 is 0 Å². The molecule has 2 aliphatic heterocycles. The molecule has 0 aliphatic carbocycles. The molecule has 0 aromatic heterocycles. The number of nitrogens with zero attached hydrogens (tertiary/aromatic N) is 1. The van der Waals surface area contributed by atoms with Crippen molar-refractivity contribution in [2.24, 2.45) is 11.8 Å². The number of amides is 1. The molecule has 0 radical (unpaired) electrons. The summed E-state index contributed by atoms with van der Waals surface area (Å²) in [5, 5.41) is 3.43. The van der Waals surface area contributed by atoms with Gasteiger partial charge < -0.3 is 15.0 Å². The average molecular weight is 330 g/mol. The predicted molar refractivity (Wildman–Crippen MR) is 95.7 cm³/mol. The fourth-order valence-corrected chi connectivity index (χ4v) is 3.95. The van der Waals surface area contributed by atoms with Gasteiger partial charge in [-0.15, -0.1) is 0 Å². The SMILES string of the molecule is CCNCC1CCN(C(=O)C2CCCOC2c2ccccc2)CC1. The number of ether oxygens (including phenoxy) is 1. The van der Waals surface area contributed by atoms with Crippen LogP contribution in [0.3, 0.4) is 0 Å². The van der Waals surface area contributed by atoms with Crippen LogP contribution in [0.5, 0.6) is 0 Å². The van der Waals surface area contributed by atoms with Gasteiger partial charge in [0.05, 0.1) is 12.0 Å². The molecular formula is C20H30N2O2. The molecule has 1 amide bonds. The van der Waals surface area contributed by atoms with Crippen molar-refractivity contribution in [3.05, 3.63) is 35.9 Å². The largest absolute Gasteiger partial charge is 0.373 e. The molecule has 0 spiro atoms. The minimum Gasteiger partial charge on any atom is -0.373 e. The van der Waals surface area contributed by atoms with E-state index in [1.807, 2.05) is 18.2 Å². The lowest BCUT2D eigenvalue weighted by Gasteiger charge is -2.38. The Labute approximate surface area is 145 Å². The highest BCUT2D eigenvalue weighted by Crippen LogP contribution is 2.35. The number of carbonyl (C=O) groups excluding carboxylic acids is 1. The molecule has 0 saturated carbocycles. The molecule has 1 aromatic carbocycles. The van der Waals surface area contributed by atoms with Crippen molar-refractivity contribution in [2.45, 2.75) is 38.7 Å². The lowest BCUT2D eigenvalue weighted by atomic mass is 9.87. The van der Waals surface area contributed by atoms with Crippen molar-refractivity contribution in [3.63, 3.8) is 0 Å². The number of piperidine rings is 1. The van der Waals surface area contributed by atoms with Crippen LogP contribution in [0.25, 0.3) is 0 Å². The highest BCUT2D eigenvalue weighted by atomic mass is 16.5. The molecule has 1 N–H and O–H groups in total. The summed E-state index contributed by atoms with van der Waals surface area (Å²) in [5.74, 6) is 0.985. The first kappa shape index (κ1) is 17.4. The standard InChI is InChI=1S/C20H30N2O2/c1-2-21-15-16-10-12-22(13-11-16)20(23)18-9-6-14-24-19(18)17-7-4-3-5-8-17/h3-5,7-8,16,18-19,21H,2,6,9-15H2,1H3. The Morgan fingerprint density at radius 1 is 1.21 bits per heavy atom. The summed E-state index contributed by atoms with van der Waals surface area (Å²) >= 11 is 0. The van der Waals surface area contributed by atoms with Gasteiger partial charge in [-0.25, -0.2) is 0 Å². The van der Waals surface area contributed by atoms with Crippen LogP contribution in [0.1, 0.15) is 44.3 Å². The molecule has 4 nitrogen and oxygen atoms in total. The van der Waals surface area contributed by atoms with Crippen molar-refractivity contribution >= 4 is 5.91 Å². The van der Waals surface area contributed by atoms with Gasteiger partial charge in [-0.2, -0.15) is 0 Å². The molecule has 2 heterocycles. The Hall–Kier alpha value is -1.39. The van der Waals surface area contributed by atoms with Crippen LogP contribution in [0, 0.1) is 11.8 Å². The third-order valence-corrected chi connectivity index (χ3v) is 5.38. The van der Waals surface area contributed by atoms with Crippen molar-refractivity contribution in [3.8, 4) is 0 Å². The van der Waals surface area contributed by atoms with Gasteiger partial charge in [-0.05, 0) is 50.3 Å². The normalized spacial score (nSPS) is 25.6. The Balaban J connectivity index is 1.61. The van der Waals surface area contributed by atoms with Crippen molar-refractivity contribution in [1.82, 2.24) is 10.2 Å². The third-order valence-electron chi connectivity index (χ3n) is 5.38. The summed E-state index contributed by atoms with van der Waals surface area (Å²) in [6.45, 7) is 6.80. The zero-order valence-electron chi connectivity index (χ0n) is 14.7. The second-order valence-corrected chi connectivity index (χ2v) is 7.03. The number of hydrogen-bond donors (Lipinski definition) is 1. The quantitative estimate of drug-likeness (QED) is 0.902. The summed E-state index contributed by atoms with van der Waals surface area (Å²) in [6, 6.07) is 10.2. The second-order valence-electron chi connectivity index (χ2n) is 7.03. The Bertz CT molecular complexity index is 512. The first-order valence-corrected chi connectivity index (χ1v) is 9.45. The first-order valence-electron chi connectivity index (χ1n) is 9.45. The van der Waals surface area contributed by atoms with Gasteiger partial charge in [0.2, 0.25) is 5.91 Å². The number of hydrogen-bond acceptors (Lipinski definition) is 3. The molecule has 24 heavy (non-hydrogen) atoms. The number of carbonyl (C=O) groups is 1. The Morgan fingerprint density at radius 3 is 2.67 bits per heavy atom. The fraction of sp³-hybridized carbons (Fsp3) is 0.650. The average Bonchev–Trinajstić information content (AvgIpc) is 2.67. The van der Waals surface area contributed by atoms with E-state index in [1.54, 1.807) is 0 Å². The second kappa shape index (κ2) is 8.63. The number of rotatable bonds is 5. The van der Waals surface area contributed by atoms with E-state index in [2.05, 4.69) is 29.3 Å². The maximum atomic E-state index is 13.1. The Kier molecular flexibility index (Phi) is 6.27. The first-order chi connectivity index (χ1) is 11.8. The van der Waals surface area contributed by atoms with Gasteiger partial charge in [-0.1, -0.05) is 37.3 Å². The summed E-state index contributed by atoms with van der Waals surface area (Å²) in [4.78, 5) is 15.2. The summed E-state index contributed by atoms with van der Waals surface area (Å²) in [6.07, 6.45) is 4.07. The maximum Gasteiger partial charge on any atom is 0.228 e. The molecule has 2 fully saturated rings. The van der Waals surface area contributed by atoms with Gasteiger partial charge in [-0.3, -0.25) is 4.79 Å². The number of likely N-dealkylation sites (tertiary alicyclic amines) is 1. The summed E-state index contributed by atoms with van der Waals surface area (Å²) in [7, 11) is 0. The monoisotopic (exact) mass is 330 g/mol. The Morgan fingerprint density at radius 2 is 1.96 bits per heavy atom. The van der Waals surface area contributed by atoms with Gasteiger partial charge in [0.15, 0.2) is 0 Å². The van der Waals surface area contributed by atoms with Gasteiger partial charge >= 0.3 is 0 Å². The molecule has 3 rings (SSSR count). The van der Waals surface area contributed by atoms with Crippen LogP contribution in [0.4, 0.5) is 0 Å². The van der Waals surface area contributed by atoms with Crippen molar-refractivity contribution < 1.29 is 9.53 Å². The lowest BCUT2D eigenvalue weighted by Crippen LogP contribution is -2.45. The molecular weight excluding hydrogens is 300 g/mol. The highest BCUT2D eigenvalue weighted by molar-refractivity contribution is 5.80. The minimum atomic E-state index is -0.0769. The number of nitrogens with one attached hydrogen (secondary N) is 1. The zero-order chi connectivity index (χ0) is 16.8. The molecule has 4 heteroatoms. The summed E-state index contributed by atoms with van der Waals surface area (Å²) in [5.41, 5.74) is 1.14. The lowest BCUT2D eigenvalue weighted by molar-refractivity contribution is -0.147. The van der Waals surface area contributed by atoms with Crippen molar-refractivity contribution in [1.29, 1.82) is 0 Å².